The van der Waals surface area contributed by atoms with Crippen LogP contribution < -0.4 is 15.4 Å². The Labute approximate surface area is 193 Å². The van der Waals surface area contributed by atoms with E-state index < -0.39 is 0 Å². The van der Waals surface area contributed by atoms with Crippen LogP contribution in [0.25, 0.3) is 11.3 Å². The van der Waals surface area contributed by atoms with Gasteiger partial charge in [0.05, 0.1) is 5.69 Å². The molecule has 1 aromatic heterocycles. The molecular formula is C27H26N4O2. The minimum atomic E-state index is -0.209. The van der Waals surface area contributed by atoms with E-state index in [0.29, 0.717) is 11.5 Å². The maximum atomic E-state index is 12.4. The maximum Gasteiger partial charge on any atom is 0.262 e. The molecule has 0 aliphatic heterocycles. The lowest BCUT2D eigenvalue weighted by Crippen LogP contribution is -2.20. The van der Waals surface area contributed by atoms with E-state index in [2.05, 4.69) is 26.7 Å². The standard InChI is InChI=1S/C27H26N4O2/c1-18-9-10-19(2)27(20(18)3)33-16-26(32)31-23-13-11-22(12-14-23)30-25-15-24(28-17-29-25)21-7-5-4-6-8-21/h4-15,17H,16H2,1-3H3,(H,31,32)(H,28,29,30). The second-order valence-corrected chi connectivity index (χ2v) is 7.85. The predicted octanol–water partition coefficient (Wildman–Crippen LogP) is 5.83. The third-order valence-corrected chi connectivity index (χ3v) is 5.40. The first-order chi connectivity index (χ1) is 16.0. The summed E-state index contributed by atoms with van der Waals surface area (Å²) in [5.41, 5.74) is 6.63. The van der Waals surface area contributed by atoms with Crippen LogP contribution in [0.1, 0.15) is 16.7 Å². The van der Waals surface area contributed by atoms with Gasteiger partial charge in [0.1, 0.15) is 17.9 Å². The summed E-state index contributed by atoms with van der Waals surface area (Å²) in [6.07, 6.45) is 1.54. The fraction of sp³-hybridized carbons (Fsp3) is 0.148. The van der Waals surface area contributed by atoms with Crippen LogP contribution in [-0.2, 0) is 4.79 Å². The number of amides is 1. The molecule has 6 heteroatoms. The van der Waals surface area contributed by atoms with Crippen molar-refractivity contribution in [3.05, 3.63) is 95.8 Å². The Morgan fingerprint density at radius 1 is 0.848 bits per heavy atom. The first-order valence-corrected chi connectivity index (χ1v) is 10.7. The summed E-state index contributed by atoms with van der Waals surface area (Å²) in [6, 6.07) is 23.3. The summed E-state index contributed by atoms with van der Waals surface area (Å²) >= 11 is 0. The Bertz CT molecular complexity index is 1260. The number of carbonyl (C=O) groups is 1. The zero-order valence-corrected chi connectivity index (χ0v) is 18.9. The number of benzene rings is 3. The first kappa shape index (κ1) is 22.0. The highest BCUT2D eigenvalue weighted by Crippen LogP contribution is 2.26. The van der Waals surface area contributed by atoms with Crippen molar-refractivity contribution in [1.82, 2.24) is 9.97 Å². The molecule has 2 N–H and O–H groups in total. The largest absolute Gasteiger partial charge is 0.483 e. The fourth-order valence-electron chi connectivity index (χ4n) is 3.46. The van der Waals surface area contributed by atoms with Gasteiger partial charge in [-0.1, -0.05) is 42.5 Å². The molecule has 33 heavy (non-hydrogen) atoms. The van der Waals surface area contributed by atoms with E-state index in [1.165, 1.54) is 6.33 Å². The molecule has 0 bridgehead atoms. The van der Waals surface area contributed by atoms with E-state index in [4.69, 9.17) is 4.74 Å². The summed E-state index contributed by atoms with van der Waals surface area (Å²) < 4.78 is 5.79. The SMILES string of the molecule is Cc1ccc(C)c(OCC(=O)Nc2ccc(Nc3cc(-c4ccccc4)ncn3)cc2)c1C. The van der Waals surface area contributed by atoms with Crippen LogP contribution in [-0.4, -0.2) is 22.5 Å². The Morgan fingerprint density at radius 3 is 2.30 bits per heavy atom. The summed E-state index contributed by atoms with van der Waals surface area (Å²) in [7, 11) is 0. The van der Waals surface area contributed by atoms with E-state index in [1.54, 1.807) is 0 Å². The molecule has 0 radical (unpaired) electrons. The molecule has 0 saturated heterocycles. The molecule has 4 rings (SSSR count). The van der Waals surface area contributed by atoms with Gasteiger partial charge in [0, 0.05) is 23.0 Å². The molecule has 0 atom stereocenters. The lowest BCUT2D eigenvalue weighted by Gasteiger charge is -2.14. The van der Waals surface area contributed by atoms with Crippen molar-refractivity contribution < 1.29 is 9.53 Å². The van der Waals surface area contributed by atoms with Crippen molar-refractivity contribution in [2.45, 2.75) is 20.8 Å². The van der Waals surface area contributed by atoms with Crippen LogP contribution in [0, 0.1) is 20.8 Å². The van der Waals surface area contributed by atoms with Crippen molar-refractivity contribution in [3.63, 3.8) is 0 Å². The summed E-state index contributed by atoms with van der Waals surface area (Å²) in [5.74, 6) is 1.25. The molecule has 0 aliphatic carbocycles. The van der Waals surface area contributed by atoms with E-state index >= 15 is 0 Å². The van der Waals surface area contributed by atoms with E-state index in [0.717, 1.165) is 39.4 Å². The van der Waals surface area contributed by atoms with Crippen molar-refractivity contribution in [2.24, 2.45) is 0 Å². The number of anilines is 3. The highest BCUT2D eigenvalue weighted by molar-refractivity contribution is 5.92. The molecule has 166 valence electrons. The van der Waals surface area contributed by atoms with Gasteiger partial charge in [0.25, 0.3) is 5.91 Å². The fourth-order valence-corrected chi connectivity index (χ4v) is 3.46. The molecular weight excluding hydrogens is 412 g/mol. The zero-order valence-electron chi connectivity index (χ0n) is 18.9. The third-order valence-electron chi connectivity index (χ3n) is 5.40. The van der Waals surface area contributed by atoms with Gasteiger partial charge >= 0.3 is 0 Å². The number of rotatable bonds is 7. The van der Waals surface area contributed by atoms with Gasteiger partial charge < -0.3 is 15.4 Å². The normalized spacial score (nSPS) is 10.5. The van der Waals surface area contributed by atoms with E-state index in [-0.39, 0.29) is 12.5 Å². The number of nitrogens with one attached hydrogen (secondary N) is 2. The molecule has 0 spiro atoms. The van der Waals surface area contributed by atoms with Crippen molar-refractivity contribution in [3.8, 4) is 17.0 Å². The Morgan fingerprint density at radius 2 is 1.55 bits per heavy atom. The smallest absolute Gasteiger partial charge is 0.262 e. The number of hydrogen-bond acceptors (Lipinski definition) is 5. The highest BCUT2D eigenvalue weighted by Gasteiger charge is 2.10. The lowest BCUT2D eigenvalue weighted by atomic mass is 10.1. The molecule has 0 saturated carbocycles. The molecule has 1 amide bonds. The lowest BCUT2D eigenvalue weighted by molar-refractivity contribution is -0.118. The van der Waals surface area contributed by atoms with Gasteiger partial charge in [-0.2, -0.15) is 0 Å². The number of hydrogen-bond donors (Lipinski definition) is 2. The zero-order chi connectivity index (χ0) is 23.2. The van der Waals surface area contributed by atoms with Crippen molar-refractivity contribution in [2.75, 3.05) is 17.2 Å². The Kier molecular flexibility index (Phi) is 6.64. The van der Waals surface area contributed by atoms with E-state index in [1.807, 2.05) is 87.5 Å². The maximum absolute atomic E-state index is 12.4. The van der Waals surface area contributed by atoms with Crippen LogP contribution in [0.4, 0.5) is 17.2 Å². The number of nitrogens with zero attached hydrogens (tertiary/aromatic N) is 2. The van der Waals surface area contributed by atoms with Crippen molar-refractivity contribution >= 4 is 23.1 Å². The van der Waals surface area contributed by atoms with Crippen LogP contribution in [0.15, 0.2) is 79.1 Å². The van der Waals surface area contributed by atoms with Gasteiger partial charge in [-0.25, -0.2) is 9.97 Å². The van der Waals surface area contributed by atoms with E-state index in [9.17, 15) is 4.79 Å². The van der Waals surface area contributed by atoms with Gasteiger partial charge in [0.2, 0.25) is 0 Å². The average Bonchev–Trinajstić information content (AvgIpc) is 2.83. The van der Waals surface area contributed by atoms with Gasteiger partial charge in [0.15, 0.2) is 6.61 Å². The Balaban J connectivity index is 1.35. The van der Waals surface area contributed by atoms with Gasteiger partial charge in [-0.3, -0.25) is 4.79 Å². The highest BCUT2D eigenvalue weighted by atomic mass is 16.5. The van der Waals surface area contributed by atoms with Crippen LogP contribution in [0.3, 0.4) is 0 Å². The van der Waals surface area contributed by atoms with Crippen LogP contribution in [0.2, 0.25) is 0 Å². The third kappa shape index (κ3) is 5.54. The summed E-state index contributed by atoms with van der Waals surface area (Å²) in [4.78, 5) is 21.0. The summed E-state index contributed by atoms with van der Waals surface area (Å²) in [6.45, 7) is 5.96. The monoisotopic (exact) mass is 438 g/mol. The molecule has 0 fully saturated rings. The second kappa shape index (κ2) is 9.96. The number of ether oxygens (including phenoxy) is 1. The number of carbonyl (C=O) groups excluding carboxylic acids is 1. The minimum absolute atomic E-state index is 0.0473. The van der Waals surface area contributed by atoms with Gasteiger partial charge in [-0.05, 0) is 61.7 Å². The van der Waals surface area contributed by atoms with Crippen LogP contribution >= 0.6 is 0 Å². The molecule has 6 nitrogen and oxygen atoms in total. The predicted molar refractivity (Wildman–Crippen MR) is 132 cm³/mol. The molecule has 3 aromatic carbocycles. The number of aryl methyl sites for hydroxylation is 2. The minimum Gasteiger partial charge on any atom is -0.483 e. The second-order valence-electron chi connectivity index (χ2n) is 7.85. The van der Waals surface area contributed by atoms with Crippen molar-refractivity contribution in [1.29, 1.82) is 0 Å². The quantitative estimate of drug-likeness (QED) is 0.380. The van der Waals surface area contributed by atoms with Gasteiger partial charge in [-0.15, -0.1) is 0 Å². The molecule has 1 heterocycles. The summed E-state index contributed by atoms with van der Waals surface area (Å²) in [5, 5.41) is 6.14. The molecule has 0 unspecified atom stereocenters. The topological polar surface area (TPSA) is 76.1 Å². The molecule has 0 aliphatic rings. The number of aromatic nitrogens is 2. The molecule has 4 aromatic rings. The Hall–Kier alpha value is -4.19. The first-order valence-electron chi connectivity index (χ1n) is 10.7. The average molecular weight is 439 g/mol. The van der Waals surface area contributed by atoms with Crippen LogP contribution in [0.5, 0.6) is 5.75 Å².